The fourth-order valence-electron chi connectivity index (χ4n) is 3.56. The Kier molecular flexibility index (Phi) is 7.30. The molecule has 0 atom stereocenters. The molecule has 3 aromatic heterocycles. The number of carboxylic acids is 1. The van der Waals surface area contributed by atoms with Crippen LogP contribution in [0.5, 0.6) is 0 Å². The monoisotopic (exact) mass is 483 g/mol. The van der Waals surface area contributed by atoms with E-state index in [9.17, 15) is 19.5 Å². The van der Waals surface area contributed by atoms with Gasteiger partial charge in [0.15, 0.2) is 10.9 Å². The number of hydrogen-bond donors (Lipinski definition) is 3. The maximum Gasteiger partial charge on any atom is 0.325 e. The van der Waals surface area contributed by atoms with Crippen LogP contribution in [0.1, 0.15) is 41.9 Å². The van der Waals surface area contributed by atoms with Crippen LogP contribution in [-0.2, 0) is 11.2 Å². The minimum absolute atomic E-state index is 0.0598. The number of hydrogen-bond acceptors (Lipinski definition) is 8. The SMILES string of the molecule is O=C(O)Cc1nc(NC(=O)Nc2cccnc2C(=O)C2CCCC2)sc1Sc1ccccn1. The maximum absolute atomic E-state index is 12.8. The second-order valence-electron chi connectivity index (χ2n) is 7.42. The lowest BCUT2D eigenvalue weighted by Crippen LogP contribution is -2.23. The normalized spacial score (nSPS) is 13.6. The summed E-state index contributed by atoms with van der Waals surface area (Å²) in [5.74, 6) is -1.15. The summed E-state index contributed by atoms with van der Waals surface area (Å²) in [6.07, 6.45) is 6.61. The largest absolute Gasteiger partial charge is 0.481 e. The Balaban J connectivity index is 1.48. The van der Waals surface area contributed by atoms with E-state index in [-0.39, 0.29) is 28.9 Å². The Morgan fingerprint density at radius 1 is 1.06 bits per heavy atom. The Bertz CT molecular complexity index is 1160. The lowest BCUT2D eigenvalue weighted by molar-refractivity contribution is -0.136. The lowest BCUT2D eigenvalue weighted by atomic mass is 9.99. The van der Waals surface area contributed by atoms with Crippen molar-refractivity contribution in [3.63, 3.8) is 0 Å². The van der Waals surface area contributed by atoms with Crippen LogP contribution >= 0.6 is 23.1 Å². The number of Topliss-reactive ketones (excluding diaryl/α,β-unsaturated/α-hetero) is 1. The van der Waals surface area contributed by atoms with Gasteiger partial charge in [-0.25, -0.2) is 14.8 Å². The molecule has 1 saturated carbocycles. The number of nitrogens with one attached hydrogen (secondary N) is 2. The molecule has 0 aromatic carbocycles. The topological polar surface area (TPSA) is 134 Å². The molecule has 3 heterocycles. The number of rotatable bonds is 8. The van der Waals surface area contributed by atoms with Crippen molar-refractivity contribution >= 4 is 51.7 Å². The first kappa shape index (κ1) is 22.9. The van der Waals surface area contributed by atoms with Crippen molar-refractivity contribution in [2.45, 2.75) is 41.3 Å². The number of aromatic nitrogens is 3. The molecule has 0 unspecified atom stereocenters. The number of carbonyl (C=O) groups is 3. The van der Waals surface area contributed by atoms with Crippen LogP contribution < -0.4 is 10.6 Å². The minimum Gasteiger partial charge on any atom is -0.481 e. The van der Waals surface area contributed by atoms with Gasteiger partial charge < -0.3 is 10.4 Å². The Morgan fingerprint density at radius 3 is 2.58 bits per heavy atom. The molecule has 4 rings (SSSR count). The first-order valence-electron chi connectivity index (χ1n) is 10.4. The highest BCUT2D eigenvalue weighted by Gasteiger charge is 2.27. The van der Waals surface area contributed by atoms with Gasteiger partial charge in [0.2, 0.25) is 0 Å². The first-order valence-corrected chi connectivity index (χ1v) is 12.0. The van der Waals surface area contributed by atoms with E-state index in [1.54, 1.807) is 30.5 Å². The van der Waals surface area contributed by atoms with Gasteiger partial charge in [0.1, 0.15) is 10.7 Å². The average molecular weight is 484 g/mol. The molecule has 2 amide bonds. The molecular weight excluding hydrogens is 462 g/mol. The molecule has 0 bridgehead atoms. The Hall–Kier alpha value is -3.31. The van der Waals surface area contributed by atoms with E-state index in [4.69, 9.17) is 0 Å². The van der Waals surface area contributed by atoms with Gasteiger partial charge in [0.25, 0.3) is 0 Å². The third-order valence-electron chi connectivity index (χ3n) is 5.05. The molecule has 11 heteroatoms. The van der Waals surface area contributed by atoms with Crippen LogP contribution in [0, 0.1) is 5.92 Å². The number of pyridine rings is 2. The number of ketones is 1. The van der Waals surface area contributed by atoms with E-state index in [1.165, 1.54) is 18.0 Å². The fourth-order valence-corrected chi connectivity index (χ4v) is 5.62. The Labute approximate surface area is 198 Å². The molecule has 0 saturated heterocycles. The molecule has 170 valence electrons. The standard InChI is InChI=1S/C22H21N5O4S2/c28-17(29)12-15-20(32-16-9-3-4-10-23-16)33-22(26-15)27-21(31)25-14-8-5-11-24-18(14)19(30)13-6-1-2-7-13/h3-5,8-11,13H,1-2,6-7,12H2,(H,28,29)(H2,25,26,27,31). The van der Waals surface area contributed by atoms with Gasteiger partial charge in [0, 0.05) is 18.3 Å². The van der Waals surface area contributed by atoms with E-state index >= 15 is 0 Å². The molecule has 0 aliphatic heterocycles. The summed E-state index contributed by atoms with van der Waals surface area (Å²) in [6.45, 7) is 0. The molecular formula is C22H21N5O4S2. The summed E-state index contributed by atoms with van der Waals surface area (Å²) in [5, 5.41) is 15.5. The average Bonchev–Trinajstić information content (AvgIpc) is 3.45. The highest BCUT2D eigenvalue weighted by atomic mass is 32.2. The summed E-state index contributed by atoms with van der Waals surface area (Å²) in [6, 6.07) is 8.12. The zero-order chi connectivity index (χ0) is 23.2. The second-order valence-corrected chi connectivity index (χ2v) is 9.71. The van der Waals surface area contributed by atoms with Gasteiger partial charge in [-0.1, -0.05) is 42.0 Å². The van der Waals surface area contributed by atoms with Crippen LogP contribution in [0.2, 0.25) is 0 Å². The smallest absolute Gasteiger partial charge is 0.325 e. The van der Waals surface area contributed by atoms with Crippen LogP contribution in [0.3, 0.4) is 0 Å². The first-order chi connectivity index (χ1) is 16.0. The van der Waals surface area contributed by atoms with Gasteiger partial charge >= 0.3 is 12.0 Å². The molecule has 1 aliphatic rings. The lowest BCUT2D eigenvalue weighted by Gasteiger charge is -2.12. The van der Waals surface area contributed by atoms with Crippen LogP contribution in [0.15, 0.2) is 52.0 Å². The van der Waals surface area contributed by atoms with E-state index in [0.29, 0.717) is 20.6 Å². The van der Waals surface area contributed by atoms with Crippen molar-refractivity contribution in [1.29, 1.82) is 0 Å². The van der Waals surface area contributed by atoms with Crippen molar-refractivity contribution in [3.05, 3.63) is 54.1 Å². The fraction of sp³-hybridized carbons (Fsp3) is 0.273. The third kappa shape index (κ3) is 5.93. The quantitative estimate of drug-likeness (QED) is 0.392. The highest BCUT2D eigenvalue weighted by Crippen LogP contribution is 2.37. The van der Waals surface area contributed by atoms with Gasteiger partial charge in [-0.05, 0) is 37.1 Å². The maximum atomic E-state index is 12.8. The zero-order valence-corrected chi connectivity index (χ0v) is 19.1. The number of thiazole rings is 1. The molecule has 0 spiro atoms. The molecule has 3 N–H and O–H groups in total. The molecule has 1 aliphatic carbocycles. The van der Waals surface area contributed by atoms with E-state index < -0.39 is 12.0 Å². The highest BCUT2D eigenvalue weighted by molar-refractivity contribution is 8.01. The molecule has 9 nitrogen and oxygen atoms in total. The van der Waals surface area contributed by atoms with Crippen molar-refractivity contribution in [1.82, 2.24) is 15.0 Å². The van der Waals surface area contributed by atoms with Crippen LogP contribution in [-0.4, -0.2) is 37.8 Å². The molecule has 33 heavy (non-hydrogen) atoms. The molecule has 1 fully saturated rings. The van der Waals surface area contributed by atoms with Crippen molar-refractivity contribution in [2.75, 3.05) is 10.6 Å². The van der Waals surface area contributed by atoms with Crippen molar-refractivity contribution < 1.29 is 19.5 Å². The summed E-state index contributed by atoms with van der Waals surface area (Å²) in [4.78, 5) is 49.4. The predicted octanol–water partition coefficient (Wildman–Crippen LogP) is 4.73. The van der Waals surface area contributed by atoms with Crippen LogP contribution in [0.4, 0.5) is 15.6 Å². The van der Waals surface area contributed by atoms with Crippen LogP contribution in [0.25, 0.3) is 0 Å². The number of urea groups is 1. The number of amides is 2. The zero-order valence-electron chi connectivity index (χ0n) is 17.5. The van der Waals surface area contributed by atoms with Gasteiger partial charge in [0.05, 0.1) is 22.0 Å². The second kappa shape index (κ2) is 10.5. The van der Waals surface area contributed by atoms with E-state index in [0.717, 1.165) is 37.0 Å². The summed E-state index contributed by atoms with van der Waals surface area (Å²) < 4.78 is 0.630. The number of anilines is 2. The van der Waals surface area contributed by atoms with Gasteiger partial charge in [-0.2, -0.15) is 0 Å². The van der Waals surface area contributed by atoms with Gasteiger partial charge in [-0.15, -0.1) is 0 Å². The number of aliphatic carboxylic acids is 1. The third-order valence-corrected chi connectivity index (χ3v) is 7.23. The number of nitrogens with zero attached hydrogens (tertiary/aromatic N) is 3. The predicted molar refractivity (Wildman–Crippen MR) is 125 cm³/mol. The molecule has 0 radical (unpaired) electrons. The van der Waals surface area contributed by atoms with E-state index in [2.05, 4.69) is 25.6 Å². The number of carbonyl (C=O) groups excluding carboxylic acids is 2. The minimum atomic E-state index is -1.02. The van der Waals surface area contributed by atoms with E-state index in [1.807, 2.05) is 6.07 Å². The molecule has 3 aromatic rings. The van der Waals surface area contributed by atoms with Crippen molar-refractivity contribution in [3.8, 4) is 0 Å². The van der Waals surface area contributed by atoms with Crippen molar-refractivity contribution in [2.24, 2.45) is 5.92 Å². The Morgan fingerprint density at radius 2 is 1.85 bits per heavy atom. The summed E-state index contributed by atoms with van der Waals surface area (Å²) in [7, 11) is 0. The number of carboxylic acid groups (broad SMARTS) is 1. The summed E-state index contributed by atoms with van der Waals surface area (Å²) in [5.41, 5.74) is 0.922. The van der Waals surface area contributed by atoms with Gasteiger partial charge in [-0.3, -0.25) is 19.9 Å². The summed E-state index contributed by atoms with van der Waals surface area (Å²) >= 11 is 2.44.